The van der Waals surface area contributed by atoms with Crippen molar-refractivity contribution in [1.82, 2.24) is 9.55 Å². The van der Waals surface area contributed by atoms with Gasteiger partial charge in [-0.05, 0) is 44.7 Å². The average molecular weight is 287 g/mol. The van der Waals surface area contributed by atoms with E-state index >= 15 is 0 Å². The summed E-state index contributed by atoms with van der Waals surface area (Å²) >= 11 is 0. The first-order valence-electron chi connectivity index (χ1n) is 7.66. The van der Waals surface area contributed by atoms with Crippen molar-refractivity contribution in [3.63, 3.8) is 0 Å². The standard InChI is InChI=1S/C16H21N3O2/c1-2-17-16-18-13-9-5-6-10-14(13)19(16)11-15(20)21-12-7-3-4-8-12/h5-6,9-10,12H,2-4,7-8,11H2,1H3,(H,17,18). The normalized spacial score (nSPS) is 15.5. The number of imidazole rings is 1. The minimum atomic E-state index is -0.177. The van der Waals surface area contributed by atoms with Crippen LogP contribution in [-0.2, 0) is 16.1 Å². The van der Waals surface area contributed by atoms with E-state index in [4.69, 9.17) is 4.74 Å². The molecular weight excluding hydrogens is 266 g/mol. The smallest absolute Gasteiger partial charge is 0.326 e. The zero-order valence-electron chi connectivity index (χ0n) is 12.3. The number of carbonyl (C=O) groups excluding carboxylic acids is 1. The van der Waals surface area contributed by atoms with E-state index in [0.29, 0.717) is 0 Å². The number of hydrogen-bond donors (Lipinski definition) is 1. The Bertz CT molecular complexity index is 629. The van der Waals surface area contributed by atoms with Gasteiger partial charge in [-0.3, -0.25) is 9.36 Å². The fraction of sp³-hybridized carbons (Fsp3) is 0.500. The van der Waals surface area contributed by atoms with Gasteiger partial charge >= 0.3 is 5.97 Å². The lowest BCUT2D eigenvalue weighted by atomic mass is 10.3. The molecule has 0 amide bonds. The van der Waals surface area contributed by atoms with E-state index in [-0.39, 0.29) is 18.6 Å². The number of ether oxygens (including phenoxy) is 1. The topological polar surface area (TPSA) is 56.2 Å². The van der Waals surface area contributed by atoms with Crippen LogP contribution in [0.1, 0.15) is 32.6 Å². The number of rotatable bonds is 5. The van der Waals surface area contributed by atoms with Gasteiger partial charge in [0, 0.05) is 6.54 Å². The minimum absolute atomic E-state index is 0.106. The highest BCUT2D eigenvalue weighted by Crippen LogP contribution is 2.23. The lowest BCUT2D eigenvalue weighted by Gasteiger charge is -2.13. The Hall–Kier alpha value is -2.04. The number of fused-ring (bicyclic) bond motifs is 1. The molecular formula is C16H21N3O2. The van der Waals surface area contributed by atoms with Gasteiger partial charge in [0.2, 0.25) is 5.95 Å². The number of carbonyl (C=O) groups is 1. The molecule has 1 aromatic heterocycles. The highest BCUT2D eigenvalue weighted by molar-refractivity contribution is 5.81. The fourth-order valence-corrected chi connectivity index (χ4v) is 2.89. The number of nitrogens with zero attached hydrogens (tertiary/aromatic N) is 2. The Morgan fingerprint density at radius 1 is 1.38 bits per heavy atom. The number of esters is 1. The second kappa shape index (κ2) is 6.16. The van der Waals surface area contributed by atoms with E-state index < -0.39 is 0 Å². The van der Waals surface area contributed by atoms with Crippen LogP contribution in [0.3, 0.4) is 0 Å². The number of para-hydroxylation sites is 2. The first-order chi connectivity index (χ1) is 10.3. The maximum atomic E-state index is 12.2. The van der Waals surface area contributed by atoms with E-state index in [0.717, 1.165) is 49.2 Å². The van der Waals surface area contributed by atoms with E-state index in [1.54, 1.807) is 0 Å². The molecule has 0 saturated heterocycles. The van der Waals surface area contributed by atoms with Crippen LogP contribution in [0, 0.1) is 0 Å². The molecule has 1 heterocycles. The third-order valence-corrected chi connectivity index (χ3v) is 3.88. The van der Waals surface area contributed by atoms with Gasteiger partial charge in [0.1, 0.15) is 12.6 Å². The number of anilines is 1. The molecule has 1 aromatic carbocycles. The van der Waals surface area contributed by atoms with Gasteiger partial charge in [0.15, 0.2) is 0 Å². The second-order valence-electron chi connectivity index (χ2n) is 5.44. The molecule has 0 atom stereocenters. The molecule has 5 heteroatoms. The van der Waals surface area contributed by atoms with Gasteiger partial charge in [0.25, 0.3) is 0 Å². The second-order valence-corrected chi connectivity index (χ2v) is 5.44. The quantitative estimate of drug-likeness (QED) is 0.859. The summed E-state index contributed by atoms with van der Waals surface area (Å²) in [5, 5.41) is 3.21. The van der Waals surface area contributed by atoms with Crippen molar-refractivity contribution in [1.29, 1.82) is 0 Å². The van der Waals surface area contributed by atoms with Crippen LogP contribution in [-0.4, -0.2) is 28.2 Å². The summed E-state index contributed by atoms with van der Waals surface area (Å²) in [6, 6.07) is 7.84. The molecule has 112 valence electrons. The van der Waals surface area contributed by atoms with Gasteiger partial charge in [0.05, 0.1) is 11.0 Å². The molecule has 0 spiro atoms. The first-order valence-corrected chi connectivity index (χ1v) is 7.66. The van der Waals surface area contributed by atoms with Gasteiger partial charge in [-0.2, -0.15) is 0 Å². The molecule has 1 saturated carbocycles. The van der Waals surface area contributed by atoms with Crippen molar-refractivity contribution in [2.75, 3.05) is 11.9 Å². The predicted molar refractivity (Wildman–Crippen MR) is 82.2 cm³/mol. The molecule has 5 nitrogen and oxygen atoms in total. The molecule has 1 fully saturated rings. The number of aromatic nitrogens is 2. The van der Waals surface area contributed by atoms with Gasteiger partial charge in [-0.25, -0.2) is 4.98 Å². The zero-order valence-corrected chi connectivity index (χ0v) is 12.3. The molecule has 1 aliphatic carbocycles. The Kier molecular flexibility index (Phi) is 4.08. The Labute approximate surface area is 124 Å². The van der Waals surface area contributed by atoms with E-state index in [1.807, 2.05) is 35.8 Å². The maximum absolute atomic E-state index is 12.2. The monoisotopic (exact) mass is 287 g/mol. The van der Waals surface area contributed by atoms with Crippen LogP contribution < -0.4 is 5.32 Å². The molecule has 3 rings (SSSR count). The van der Waals surface area contributed by atoms with Crippen molar-refractivity contribution in [2.24, 2.45) is 0 Å². The summed E-state index contributed by atoms with van der Waals surface area (Å²) < 4.78 is 7.45. The van der Waals surface area contributed by atoms with Crippen LogP contribution >= 0.6 is 0 Å². The highest BCUT2D eigenvalue weighted by Gasteiger charge is 2.20. The van der Waals surface area contributed by atoms with Crippen molar-refractivity contribution in [3.8, 4) is 0 Å². The van der Waals surface area contributed by atoms with Crippen LogP contribution in [0.15, 0.2) is 24.3 Å². The zero-order chi connectivity index (χ0) is 14.7. The Balaban J connectivity index is 1.80. The molecule has 0 unspecified atom stereocenters. The fourth-order valence-electron chi connectivity index (χ4n) is 2.89. The van der Waals surface area contributed by atoms with E-state index in [9.17, 15) is 4.79 Å². The molecule has 21 heavy (non-hydrogen) atoms. The minimum Gasteiger partial charge on any atom is -0.461 e. The summed E-state index contributed by atoms with van der Waals surface area (Å²) in [7, 11) is 0. The molecule has 0 bridgehead atoms. The van der Waals surface area contributed by atoms with Gasteiger partial charge in [-0.1, -0.05) is 12.1 Å². The molecule has 2 aromatic rings. The summed E-state index contributed by atoms with van der Waals surface area (Å²) in [6.07, 6.45) is 4.42. The predicted octanol–water partition coefficient (Wildman–Crippen LogP) is 2.95. The van der Waals surface area contributed by atoms with Crippen molar-refractivity contribution in [2.45, 2.75) is 45.3 Å². The van der Waals surface area contributed by atoms with Crippen LogP contribution in [0.5, 0.6) is 0 Å². The van der Waals surface area contributed by atoms with E-state index in [1.165, 1.54) is 0 Å². The van der Waals surface area contributed by atoms with Crippen molar-refractivity contribution >= 4 is 23.0 Å². The van der Waals surface area contributed by atoms with E-state index in [2.05, 4.69) is 10.3 Å². The SMILES string of the molecule is CCNc1nc2ccccc2n1CC(=O)OC1CCCC1. The summed E-state index contributed by atoms with van der Waals surface area (Å²) in [4.78, 5) is 16.7. The molecule has 1 aliphatic rings. The Morgan fingerprint density at radius 3 is 2.90 bits per heavy atom. The van der Waals surface area contributed by atoms with Gasteiger partial charge < -0.3 is 10.1 Å². The third-order valence-electron chi connectivity index (χ3n) is 3.88. The number of benzene rings is 1. The average Bonchev–Trinajstić information content (AvgIpc) is 3.08. The summed E-state index contributed by atoms with van der Waals surface area (Å²) in [6.45, 7) is 2.99. The van der Waals surface area contributed by atoms with Crippen LogP contribution in [0.4, 0.5) is 5.95 Å². The number of nitrogens with one attached hydrogen (secondary N) is 1. The Morgan fingerprint density at radius 2 is 2.14 bits per heavy atom. The summed E-state index contributed by atoms with van der Waals surface area (Å²) in [5.41, 5.74) is 1.85. The molecule has 1 N–H and O–H groups in total. The number of hydrogen-bond acceptors (Lipinski definition) is 4. The maximum Gasteiger partial charge on any atom is 0.326 e. The lowest BCUT2D eigenvalue weighted by Crippen LogP contribution is -2.20. The van der Waals surface area contributed by atoms with Gasteiger partial charge in [-0.15, -0.1) is 0 Å². The van der Waals surface area contributed by atoms with Crippen molar-refractivity contribution < 1.29 is 9.53 Å². The molecule has 0 radical (unpaired) electrons. The van der Waals surface area contributed by atoms with Crippen LogP contribution in [0.25, 0.3) is 11.0 Å². The molecule has 0 aliphatic heterocycles. The van der Waals surface area contributed by atoms with Crippen molar-refractivity contribution in [3.05, 3.63) is 24.3 Å². The largest absolute Gasteiger partial charge is 0.461 e. The summed E-state index contributed by atoms with van der Waals surface area (Å²) in [5.74, 6) is 0.547. The third kappa shape index (κ3) is 3.01. The van der Waals surface area contributed by atoms with Crippen LogP contribution in [0.2, 0.25) is 0 Å². The highest BCUT2D eigenvalue weighted by atomic mass is 16.5. The lowest BCUT2D eigenvalue weighted by molar-refractivity contribution is -0.149. The first kappa shape index (κ1) is 13.9.